The van der Waals surface area contributed by atoms with Crippen molar-refractivity contribution in [3.8, 4) is 0 Å². The van der Waals surface area contributed by atoms with Gasteiger partial charge in [-0.15, -0.1) is 0 Å². The second-order valence-corrected chi connectivity index (χ2v) is 5.91. The standard InChI is InChI=1S/C14H32N2/c1-11(2)10-14(7)15-8-9-16(12(3)4)13(5)6/h11-15H,8-10H2,1-7H3. The predicted molar refractivity (Wildman–Crippen MR) is 73.9 cm³/mol. The van der Waals surface area contributed by atoms with Gasteiger partial charge in [-0.1, -0.05) is 13.8 Å². The summed E-state index contributed by atoms with van der Waals surface area (Å²) >= 11 is 0. The van der Waals surface area contributed by atoms with Crippen molar-refractivity contribution >= 4 is 0 Å². The molecule has 0 aromatic heterocycles. The van der Waals surface area contributed by atoms with Crippen molar-refractivity contribution in [3.05, 3.63) is 0 Å². The molecule has 0 rings (SSSR count). The summed E-state index contributed by atoms with van der Waals surface area (Å²) in [6, 6.07) is 1.92. The maximum absolute atomic E-state index is 3.61. The van der Waals surface area contributed by atoms with E-state index in [1.165, 1.54) is 6.42 Å². The van der Waals surface area contributed by atoms with Crippen molar-refractivity contribution in [1.82, 2.24) is 10.2 Å². The summed E-state index contributed by atoms with van der Waals surface area (Å²) in [6.45, 7) is 18.2. The molecule has 0 heterocycles. The highest BCUT2D eigenvalue weighted by atomic mass is 15.2. The molecule has 0 aliphatic carbocycles. The Hall–Kier alpha value is -0.0800. The second kappa shape index (κ2) is 8.08. The average molecular weight is 228 g/mol. The zero-order chi connectivity index (χ0) is 12.7. The molecule has 0 spiro atoms. The molecule has 1 unspecified atom stereocenters. The van der Waals surface area contributed by atoms with Crippen LogP contribution in [0.25, 0.3) is 0 Å². The first-order valence-corrected chi connectivity index (χ1v) is 6.83. The van der Waals surface area contributed by atoms with E-state index in [-0.39, 0.29) is 0 Å². The summed E-state index contributed by atoms with van der Waals surface area (Å²) in [5, 5.41) is 3.61. The molecular formula is C14H32N2. The van der Waals surface area contributed by atoms with Gasteiger partial charge in [0.05, 0.1) is 0 Å². The third kappa shape index (κ3) is 7.24. The number of rotatable bonds is 8. The molecule has 2 heteroatoms. The Balaban J connectivity index is 3.77. The molecule has 0 bridgehead atoms. The molecular weight excluding hydrogens is 196 g/mol. The molecule has 0 saturated heterocycles. The Bertz CT molecular complexity index is 156. The fourth-order valence-electron chi connectivity index (χ4n) is 2.34. The molecule has 0 aromatic carbocycles. The lowest BCUT2D eigenvalue weighted by Gasteiger charge is -2.31. The Labute approximate surface area is 103 Å². The number of hydrogen-bond donors (Lipinski definition) is 1. The van der Waals surface area contributed by atoms with Gasteiger partial charge in [-0.3, -0.25) is 4.90 Å². The van der Waals surface area contributed by atoms with Crippen LogP contribution in [-0.4, -0.2) is 36.1 Å². The summed E-state index contributed by atoms with van der Waals surface area (Å²) in [5.41, 5.74) is 0. The van der Waals surface area contributed by atoms with Gasteiger partial charge in [0, 0.05) is 31.2 Å². The fraction of sp³-hybridized carbons (Fsp3) is 1.00. The monoisotopic (exact) mass is 228 g/mol. The third-order valence-electron chi connectivity index (χ3n) is 3.01. The molecule has 0 saturated carbocycles. The van der Waals surface area contributed by atoms with Crippen molar-refractivity contribution in [1.29, 1.82) is 0 Å². The highest BCUT2D eigenvalue weighted by Crippen LogP contribution is 2.05. The van der Waals surface area contributed by atoms with E-state index >= 15 is 0 Å². The molecule has 0 radical (unpaired) electrons. The predicted octanol–water partition coefficient (Wildman–Crippen LogP) is 3.13. The van der Waals surface area contributed by atoms with Gasteiger partial charge in [0.2, 0.25) is 0 Å². The van der Waals surface area contributed by atoms with Crippen LogP contribution in [0.4, 0.5) is 0 Å². The zero-order valence-electron chi connectivity index (χ0n) is 12.4. The first-order chi connectivity index (χ1) is 7.34. The Morgan fingerprint density at radius 1 is 0.875 bits per heavy atom. The summed E-state index contributed by atoms with van der Waals surface area (Å²) in [4.78, 5) is 2.54. The number of nitrogens with zero attached hydrogens (tertiary/aromatic N) is 1. The van der Waals surface area contributed by atoms with Crippen molar-refractivity contribution in [2.24, 2.45) is 5.92 Å². The Kier molecular flexibility index (Phi) is 8.04. The molecule has 98 valence electrons. The van der Waals surface area contributed by atoms with E-state index in [0.29, 0.717) is 18.1 Å². The Morgan fingerprint density at radius 3 is 1.75 bits per heavy atom. The van der Waals surface area contributed by atoms with Gasteiger partial charge >= 0.3 is 0 Å². The first-order valence-electron chi connectivity index (χ1n) is 6.83. The van der Waals surface area contributed by atoms with Gasteiger partial charge in [0.25, 0.3) is 0 Å². The number of hydrogen-bond acceptors (Lipinski definition) is 2. The van der Waals surface area contributed by atoms with Crippen LogP contribution in [0, 0.1) is 5.92 Å². The zero-order valence-corrected chi connectivity index (χ0v) is 12.4. The largest absolute Gasteiger partial charge is 0.313 e. The van der Waals surface area contributed by atoms with E-state index in [9.17, 15) is 0 Å². The van der Waals surface area contributed by atoms with E-state index in [4.69, 9.17) is 0 Å². The van der Waals surface area contributed by atoms with Gasteiger partial charge in [-0.25, -0.2) is 0 Å². The summed E-state index contributed by atoms with van der Waals surface area (Å²) in [5.74, 6) is 0.786. The van der Waals surface area contributed by atoms with Crippen LogP contribution in [0.15, 0.2) is 0 Å². The molecule has 2 nitrogen and oxygen atoms in total. The SMILES string of the molecule is CC(C)CC(C)NCCN(C(C)C)C(C)C. The van der Waals surface area contributed by atoms with Crippen molar-refractivity contribution in [3.63, 3.8) is 0 Å². The molecule has 1 N–H and O–H groups in total. The lowest BCUT2D eigenvalue weighted by atomic mass is 10.1. The van der Waals surface area contributed by atoms with Gasteiger partial charge in [0.15, 0.2) is 0 Å². The van der Waals surface area contributed by atoms with Crippen LogP contribution in [0.1, 0.15) is 54.9 Å². The summed E-state index contributed by atoms with van der Waals surface area (Å²) < 4.78 is 0. The maximum atomic E-state index is 3.61. The topological polar surface area (TPSA) is 15.3 Å². The van der Waals surface area contributed by atoms with E-state index in [1.54, 1.807) is 0 Å². The van der Waals surface area contributed by atoms with Crippen LogP contribution in [-0.2, 0) is 0 Å². The Morgan fingerprint density at radius 2 is 1.38 bits per heavy atom. The molecule has 0 aliphatic rings. The molecule has 16 heavy (non-hydrogen) atoms. The quantitative estimate of drug-likeness (QED) is 0.686. The van der Waals surface area contributed by atoms with Gasteiger partial charge in [0.1, 0.15) is 0 Å². The van der Waals surface area contributed by atoms with Gasteiger partial charge in [-0.2, -0.15) is 0 Å². The van der Waals surface area contributed by atoms with E-state index in [0.717, 1.165) is 19.0 Å². The van der Waals surface area contributed by atoms with E-state index < -0.39 is 0 Å². The van der Waals surface area contributed by atoms with Crippen molar-refractivity contribution in [2.75, 3.05) is 13.1 Å². The van der Waals surface area contributed by atoms with E-state index in [1.807, 2.05) is 0 Å². The van der Waals surface area contributed by atoms with Crippen LogP contribution in [0.2, 0.25) is 0 Å². The lowest BCUT2D eigenvalue weighted by Crippen LogP contribution is -2.43. The van der Waals surface area contributed by atoms with Crippen LogP contribution < -0.4 is 5.32 Å². The minimum atomic E-state index is 0.640. The third-order valence-corrected chi connectivity index (χ3v) is 3.01. The molecule has 0 fully saturated rings. The highest BCUT2D eigenvalue weighted by molar-refractivity contribution is 4.70. The minimum Gasteiger partial charge on any atom is -0.313 e. The smallest absolute Gasteiger partial charge is 0.0112 e. The summed E-state index contributed by atoms with van der Waals surface area (Å²) in [7, 11) is 0. The fourth-order valence-corrected chi connectivity index (χ4v) is 2.34. The maximum Gasteiger partial charge on any atom is 0.0112 e. The van der Waals surface area contributed by atoms with Crippen molar-refractivity contribution in [2.45, 2.75) is 73.0 Å². The normalized spacial score (nSPS) is 14.4. The number of nitrogens with one attached hydrogen (secondary N) is 1. The highest BCUT2D eigenvalue weighted by Gasteiger charge is 2.13. The lowest BCUT2D eigenvalue weighted by molar-refractivity contribution is 0.173. The molecule has 0 aromatic rings. The van der Waals surface area contributed by atoms with Crippen LogP contribution in [0.3, 0.4) is 0 Å². The molecule has 1 atom stereocenters. The minimum absolute atomic E-state index is 0.640. The van der Waals surface area contributed by atoms with Gasteiger partial charge < -0.3 is 5.32 Å². The average Bonchev–Trinajstić information content (AvgIpc) is 2.09. The molecule has 0 aliphatic heterocycles. The van der Waals surface area contributed by atoms with E-state index in [2.05, 4.69) is 58.7 Å². The summed E-state index contributed by atoms with van der Waals surface area (Å²) in [6.07, 6.45) is 1.27. The second-order valence-electron chi connectivity index (χ2n) is 5.91. The van der Waals surface area contributed by atoms with Crippen LogP contribution >= 0.6 is 0 Å². The molecule has 0 amide bonds. The van der Waals surface area contributed by atoms with Crippen LogP contribution in [0.5, 0.6) is 0 Å². The van der Waals surface area contributed by atoms with Gasteiger partial charge in [-0.05, 0) is 47.0 Å². The first kappa shape index (κ1) is 15.9. The van der Waals surface area contributed by atoms with Crippen molar-refractivity contribution < 1.29 is 0 Å².